The van der Waals surface area contributed by atoms with E-state index in [2.05, 4.69) is 26.7 Å². The predicted molar refractivity (Wildman–Crippen MR) is 109 cm³/mol. The first-order valence-electron chi connectivity index (χ1n) is 11.1. The molecule has 0 radical (unpaired) electrons. The van der Waals surface area contributed by atoms with Crippen LogP contribution in [0.3, 0.4) is 0 Å². The number of aryl methyl sites for hydroxylation is 2. The minimum absolute atomic E-state index is 0.132. The SMILES string of the molecule is Cc1oc2c(c1C(=O)N1CCc3nnc([C@@H]4CCCN(C)C4)n3CC1)CCCC2. The maximum atomic E-state index is 13.4. The van der Waals surface area contributed by atoms with Crippen molar-refractivity contribution >= 4 is 5.91 Å². The highest BCUT2D eigenvalue weighted by molar-refractivity contribution is 5.97. The van der Waals surface area contributed by atoms with Gasteiger partial charge in [0.05, 0.1) is 5.56 Å². The van der Waals surface area contributed by atoms with Gasteiger partial charge in [0.15, 0.2) is 0 Å². The van der Waals surface area contributed by atoms with Crippen LogP contribution in [0.4, 0.5) is 0 Å². The number of likely N-dealkylation sites (N-methyl/N-ethyl adjacent to an activating group) is 1. The Morgan fingerprint density at radius 3 is 2.76 bits per heavy atom. The van der Waals surface area contributed by atoms with Crippen LogP contribution in [0.5, 0.6) is 0 Å². The fraction of sp³-hybridized carbons (Fsp3) is 0.682. The summed E-state index contributed by atoms with van der Waals surface area (Å²) in [6, 6.07) is 0. The first kappa shape index (κ1) is 18.9. The van der Waals surface area contributed by atoms with Crippen LogP contribution >= 0.6 is 0 Å². The zero-order valence-corrected chi connectivity index (χ0v) is 17.6. The molecule has 0 bridgehead atoms. The number of amides is 1. The van der Waals surface area contributed by atoms with Gasteiger partial charge in [-0.1, -0.05) is 0 Å². The summed E-state index contributed by atoms with van der Waals surface area (Å²) in [7, 11) is 2.18. The Kier molecular flexibility index (Phi) is 4.94. The number of hydrogen-bond donors (Lipinski definition) is 0. The predicted octanol–water partition coefficient (Wildman–Crippen LogP) is 2.57. The van der Waals surface area contributed by atoms with Crippen molar-refractivity contribution < 1.29 is 9.21 Å². The van der Waals surface area contributed by atoms with Crippen molar-refractivity contribution in [3.63, 3.8) is 0 Å². The van der Waals surface area contributed by atoms with Crippen LogP contribution < -0.4 is 0 Å². The van der Waals surface area contributed by atoms with E-state index in [1.54, 1.807) is 0 Å². The molecule has 0 saturated carbocycles. The summed E-state index contributed by atoms with van der Waals surface area (Å²) in [5, 5.41) is 9.06. The number of aromatic nitrogens is 3. The van der Waals surface area contributed by atoms with Gasteiger partial charge in [-0.05, 0) is 52.6 Å². The molecule has 2 aromatic rings. The molecule has 4 heterocycles. The van der Waals surface area contributed by atoms with Gasteiger partial charge in [-0.3, -0.25) is 4.79 Å². The van der Waals surface area contributed by atoms with Crippen molar-refractivity contribution in [3.8, 4) is 0 Å². The molecule has 0 aromatic carbocycles. The molecular formula is C22H31N5O2. The van der Waals surface area contributed by atoms with E-state index >= 15 is 0 Å². The third-order valence-electron chi connectivity index (χ3n) is 6.89. The minimum atomic E-state index is 0.132. The Bertz CT molecular complexity index is 915. The van der Waals surface area contributed by atoms with Crippen LogP contribution in [0.1, 0.15) is 70.7 Å². The van der Waals surface area contributed by atoms with Crippen LogP contribution in [-0.2, 0) is 25.8 Å². The molecule has 1 atom stereocenters. The highest BCUT2D eigenvalue weighted by Gasteiger charge is 2.31. The lowest BCUT2D eigenvalue weighted by Crippen LogP contribution is -2.35. The van der Waals surface area contributed by atoms with Gasteiger partial charge in [0, 0.05) is 50.5 Å². The van der Waals surface area contributed by atoms with Crippen molar-refractivity contribution in [3.05, 3.63) is 34.3 Å². The summed E-state index contributed by atoms with van der Waals surface area (Å²) in [6.07, 6.45) is 7.37. The van der Waals surface area contributed by atoms with E-state index in [0.29, 0.717) is 19.0 Å². The second-order valence-electron chi connectivity index (χ2n) is 8.91. The van der Waals surface area contributed by atoms with Crippen LogP contribution in [-0.4, -0.2) is 63.7 Å². The van der Waals surface area contributed by atoms with E-state index in [9.17, 15) is 4.79 Å². The number of carbonyl (C=O) groups excluding carboxylic acids is 1. The first-order valence-corrected chi connectivity index (χ1v) is 11.1. The number of furan rings is 1. The van der Waals surface area contributed by atoms with Crippen molar-refractivity contribution in [1.82, 2.24) is 24.6 Å². The van der Waals surface area contributed by atoms with Gasteiger partial charge in [0.2, 0.25) is 0 Å². The quantitative estimate of drug-likeness (QED) is 0.779. The molecule has 7 heteroatoms. The normalized spacial score (nSPS) is 22.8. The third kappa shape index (κ3) is 3.39. The second-order valence-corrected chi connectivity index (χ2v) is 8.91. The van der Waals surface area contributed by atoms with Crippen molar-refractivity contribution in [2.24, 2.45) is 0 Å². The van der Waals surface area contributed by atoms with E-state index in [1.165, 1.54) is 12.8 Å². The Balaban J connectivity index is 1.35. The van der Waals surface area contributed by atoms with E-state index < -0.39 is 0 Å². The van der Waals surface area contributed by atoms with Crippen molar-refractivity contribution in [1.29, 1.82) is 0 Å². The number of hydrogen-bond acceptors (Lipinski definition) is 5. The van der Waals surface area contributed by atoms with Gasteiger partial charge in [-0.25, -0.2) is 0 Å². The molecule has 1 amide bonds. The Morgan fingerprint density at radius 2 is 1.90 bits per heavy atom. The first-order chi connectivity index (χ1) is 14.1. The number of carbonyl (C=O) groups is 1. The number of likely N-dealkylation sites (tertiary alicyclic amines) is 1. The molecule has 2 aliphatic heterocycles. The second kappa shape index (κ2) is 7.59. The van der Waals surface area contributed by atoms with Gasteiger partial charge < -0.3 is 18.8 Å². The van der Waals surface area contributed by atoms with Crippen LogP contribution in [0.2, 0.25) is 0 Å². The number of nitrogens with zero attached hydrogens (tertiary/aromatic N) is 5. The molecular weight excluding hydrogens is 366 g/mol. The van der Waals surface area contributed by atoms with Crippen LogP contribution in [0, 0.1) is 6.92 Å². The molecule has 5 rings (SSSR count). The van der Waals surface area contributed by atoms with Crippen molar-refractivity contribution in [2.75, 3.05) is 33.2 Å². The maximum absolute atomic E-state index is 13.4. The highest BCUT2D eigenvalue weighted by atomic mass is 16.3. The lowest BCUT2D eigenvalue weighted by molar-refractivity contribution is 0.0755. The molecule has 0 spiro atoms. The summed E-state index contributed by atoms with van der Waals surface area (Å²) >= 11 is 0. The lowest BCUT2D eigenvalue weighted by atomic mass is 9.94. The summed E-state index contributed by atoms with van der Waals surface area (Å²) in [5.41, 5.74) is 1.99. The highest BCUT2D eigenvalue weighted by Crippen LogP contribution is 2.31. The number of fused-ring (bicyclic) bond motifs is 2. The fourth-order valence-electron chi connectivity index (χ4n) is 5.37. The standard InChI is InChI=1S/C22H31N5O2/c1-15-20(17-7-3-4-8-18(17)29-15)22(28)26-11-9-19-23-24-21(27(19)13-12-26)16-6-5-10-25(2)14-16/h16H,3-14H2,1-2H3/t16-/m1/s1. The topological polar surface area (TPSA) is 67.4 Å². The molecule has 2 aromatic heterocycles. The summed E-state index contributed by atoms with van der Waals surface area (Å²) in [6.45, 7) is 6.33. The van der Waals surface area contributed by atoms with Gasteiger partial charge in [-0.15, -0.1) is 10.2 Å². The third-order valence-corrected chi connectivity index (χ3v) is 6.89. The monoisotopic (exact) mass is 397 g/mol. The van der Waals surface area contributed by atoms with E-state index in [1.807, 2.05) is 11.8 Å². The maximum Gasteiger partial charge on any atom is 0.257 e. The molecule has 1 aliphatic carbocycles. The molecule has 1 fully saturated rings. The summed E-state index contributed by atoms with van der Waals surface area (Å²) in [4.78, 5) is 17.8. The average molecular weight is 398 g/mol. The minimum Gasteiger partial charge on any atom is -0.465 e. The molecule has 0 N–H and O–H groups in total. The Labute approximate surface area is 172 Å². The molecule has 3 aliphatic rings. The molecule has 7 nitrogen and oxygen atoms in total. The summed E-state index contributed by atoms with van der Waals surface area (Å²) < 4.78 is 8.24. The van der Waals surface area contributed by atoms with Crippen molar-refractivity contribution in [2.45, 2.75) is 64.3 Å². The van der Waals surface area contributed by atoms with Gasteiger partial charge >= 0.3 is 0 Å². The van der Waals surface area contributed by atoms with Gasteiger partial charge in [-0.2, -0.15) is 0 Å². The molecule has 1 saturated heterocycles. The van der Waals surface area contributed by atoms with E-state index in [-0.39, 0.29) is 5.91 Å². The number of piperidine rings is 1. The largest absolute Gasteiger partial charge is 0.465 e. The average Bonchev–Trinajstić information content (AvgIpc) is 3.20. The number of rotatable bonds is 2. The van der Waals surface area contributed by atoms with Gasteiger partial charge in [0.1, 0.15) is 23.2 Å². The van der Waals surface area contributed by atoms with Crippen LogP contribution in [0.15, 0.2) is 4.42 Å². The fourth-order valence-corrected chi connectivity index (χ4v) is 5.37. The molecule has 29 heavy (non-hydrogen) atoms. The van der Waals surface area contributed by atoms with E-state index in [0.717, 1.165) is 86.0 Å². The molecule has 0 unspecified atom stereocenters. The summed E-state index contributed by atoms with van der Waals surface area (Å²) in [5.74, 6) is 4.53. The Morgan fingerprint density at radius 1 is 1.03 bits per heavy atom. The molecule has 156 valence electrons. The van der Waals surface area contributed by atoms with Gasteiger partial charge in [0.25, 0.3) is 5.91 Å². The zero-order chi connectivity index (χ0) is 20.0. The Hall–Kier alpha value is -2.15. The smallest absolute Gasteiger partial charge is 0.257 e. The zero-order valence-electron chi connectivity index (χ0n) is 17.6. The van der Waals surface area contributed by atoms with E-state index in [4.69, 9.17) is 4.42 Å². The lowest BCUT2D eigenvalue weighted by Gasteiger charge is -2.29. The van der Waals surface area contributed by atoms with Crippen LogP contribution in [0.25, 0.3) is 0 Å².